The molecule has 1 aliphatic carbocycles. The van der Waals surface area contributed by atoms with Crippen LogP contribution in [-0.2, 0) is 0 Å². The van der Waals surface area contributed by atoms with Gasteiger partial charge >= 0.3 is 0 Å². The smallest absolute Gasteiger partial charge is 0.252 e. The van der Waals surface area contributed by atoms with Crippen molar-refractivity contribution in [3.63, 3.8) is 0 Å². The molecular weight excluding hydrogens is 334 g/mol. The van der Waals surface area contributed by atoms with Gasteiger partial charge in [-0.15, -0.1) is 11.8 Å². The third-order valence-corrected chi connectivity index (χ3v) is 5.47. The number of rotatable bonds is 5. The summed E-state index contributed by atoms with van der Waals surface area (Å²) < 4.78 is 0. The van der Waals surface area contributed by atoms with Gasteiger partial charge in [-0.05, 0) is 24.3 Å². The Morgan fingerprint density at radius 2 is 1.68 bits per heavy atom. The first-order chi connectivity index (χ1) is 12.1. The zero-order chi connectivity index (χ0) is 18.0. The summed E-state index contributed by atoms with van der Waals surface area (Å²) in [5, 5.41) is 2.62. The van der Waals surface area contributed by atoms with Crippen molar-refractivity contribution < 1.29 is 14.4 Å². The second kappa shape index (κ2) is 7.23. The van der Waals surface area contributed by atoms with E-state index >= 15 is 0 Å². The van der Waals surface area contributed by atoms with E-state index in [0.717, 1.165) is 18.6 Å². The summed E-state index contributed by atoms with van der Waals surface area (Å²) in [5.41, 5.74) is 2.03. The predicted octanol–water partition coefficient (Wildman–Crippen LogP) is 3.71. The van der Waals surface area contributed by atoms with Gasteiger partial charge in [-0.1, -0.05) is 37.6 Å². The number of thioether (sulfide) groups is 1. The third kappa shape index (κ3) is 3.00. The number of fused-ring (bicyclic) bond motifs is 2. The fraction of sp³-hybridized carbons (Fsp3) is 0.250. The minimum atomic E-state index is -0.249. The molecule has 4 nitrogen and oxygen atoms in total. The Kier molecular flexibility index (Phi) is 5.04. The molecule has 0 aromatic heterocycles. The van der Waals surface area contributed by atoms with Crippen molar-refractivity contribution in [3.05, 3.63) is 64.2 Å². The van der Waals surface area contributed by atoms with Crippen molar-refractivity contribution in [1.82, 2.24) is 5.32 Å². The highest BCUT2D eigenvalue weighted by molar-refractivity contribution is 7.99. The highest BCUT2D eigenvalue weighted by atomic mass is 32.2. The van der Waals surface area contributed by atoms with Crippen LogP contribution in [0.5, 0.6) is 0 Å². The second-order valence-corrected chi connectivity index (χ2v) is 6.95. The Bertz CT molecular complexity index is 873. The van der Waals surface area contributed by atoms with E-state index in [-0.39, 0.29) is 17.5 Å². The maximum absolute atomic E-state index is 13.1. The average Bonchev–Trinajstić information content (AvgIpc) is 2.65. The quantitative estimate of drug-likeness (QED) is 0.561. The number of hydrogen-bond acceptors (Lipinski definition) is 4. The summed E-state index contributed by atoms with van der Waals surface area (Å²) in [6.45, 7) is 2.09. The van der Waals surface area contributed by atoms with Crippen LogP contribution in [0.15, 0.2) is 41.3 Å². The minimum Gasteiger partial charge on any atom is -0.355 e. The summed E-state index contributed by atoms with van der Waals surface area (Å²) in [4.78, 5) is 38.8. The summed E-state index contributed by atoms with van der Waals surface area (Å²) in [5.74, 6) is 0.196. The number of benzene rings is 2. The molecule has 25 heavy (non-hydrogen) atoms. The third-order valence-electron chi connectivity index (χ3n) is 4.26. The van der Waals surface area contributed by atoms with E-state index in [0.29, 0.717) is 32.7 Å². The summed E-state index contributed by atoms with van der Waals surface area (Å²) >= 11 is 1.48. The van der Waals surface area contributed by atoms with Gasteiger partial charge in [-0.25, -0.2) is 0 Å². The Morgan fingerprint density at radius 1 is 1.00 bits per heavy atom. The lowest BCUT2D eigenvalue weighted by Crippen LogP contribution is -2.25. The van der Waals surface area contributed by atoms with Crippen LogP contribution in [0.1, 0.15) is 62.0 Å². The average molecular weight is 353 g/mol. The Hall–Kier alpha value is -2.40. The highest BCUT2D eigenvalue weighted by Gasteiger charge is 2.33. The Morgan fingerprint density at radius 3 is 2.32 bits per heavy atom. The maximum Gasteiger partial charge on any atom is 0.252 e. The lowest BCUT2D eigenvalue weighted by Gasteiger charge is -2.21. The Balaban J connectivity index is 2.20. The van der Waals surface area contributed by atoms with Crippen LogP contribution in [0.25, 0.3) is 0 Å². The molecule has 0 saturated carbocycles. The molecule has 1 amide bonds. The number of ketones is 2. The fourth-order valence-corrected chi connectivity index (χ4v) is 4.24. The molecule has 0 unspecified atom stereocenters. The van der Waals surface area contributed by atoms with Crippen LogP contribution in [0.2, 0.25) is 0 Å². The van der Waals surface area contributed by atoms with Crippen molar-refractivity contribution in [2.75, 3.05) is 12.8 Å². The first-order valence-electron chi connectivity index (χ1n) is 8.30. The SMILES string of the molecule is CCCCSc1c(C(=O)NC)ccc2c1C(=O)c1ccccc1C2=O. The molecule has 0 saturated heterocycles. The van der Waals surface area contributed by atoms with E-state index in [2.05, 4.69) is 12.2 Å². The van der Waals surface area contributed by atoms with Crippen LogP contribution in [-0.4, -0.2) is 30.3 Å². The highest BCUT2D eigenvalue weighted by Crippen LogP contribution is 2.36. The lowest BCUT2D eigenvalue weighted by atomic mass is 9.83. The molecule has 0 bridgehead atoms. The van der Waals surface area contributed by atoms with E-state index < -0.39 is 0 Å². The zero-order valence-corrected chi connectivity index (χ0v) is 15.0. The van der Waals surface area contributed by atoms with E-state index in [9.17, 15) is 14.4 Å². The number of hydrogen-bond donors (Lipinski definition) is 1. The van der Waals surface area contributed by atoms with Crippen molar-refractivity contribution in [2.24, 2.45) is 0 Å². The zero-order valence-electron chi connectivity index (χ0n) is 14.2. The second-order valence-electron chi connectivity index (χ2n) is 5.85. The van der Waals surface area contributed by atoms with Crippen molar-refractivity contribution in [1.29, 1.82) is 0 Å². The monoisotopic (exact) mass is 353 g/mol. The van der Waals surface area contributed by atoms with E-state index in [1.165, 1.54) is 11.8 Å². The van der Waals surface area contributed by atoms with Crippen LogP contribution >= 0.6 is 11.8 Å². The predicted molar refractivity (Wildman–Crippen MR) is 98.8 cm³/mol. The maximum atomic E-state index is 13.1. The molecule has 0 heterocycles. The normalized spacial score (nSPS) is 12.6. The van der Waals surface area contributed by atoms with Crippen molar-refractivity contribution in [2.45, 2.75) is 24.7 Å². The first kappa shape index (κ1) is 17.4. The van der Waals surface area contributed by atoms with Gasteiger partial charge in [0.25, 0.3) is 5.91 Å². The number of unbranched alkanes of at least 4 members (excludes halogenated alkanes) is 1. The molecular formula is C20H19NO3S. The molecule has 2 aromatic carbocycles. The number of carbonyl (C=O) groups excluding carboxylic acids is 3. The molecule has 128 valence electrons. The minimum absolute atomic E-state index is 0.161. The molecule has 0 spiro atoms. The van der Waals surface area contributed by atoms with Crippen molar-refractivity contribution >= 4 is 29.2 Å². The molecule has 0 atom stereocenters. The van der Waals surface area contributed by atoms with E-state index in [1.807, 2.05) is 0 Å². The molecule has 1 N–H and O–H groups in total. The molecule has 0 aliphatic heterocycles. The van der Waals surface area contributed by atoms with Crippen molar-refractivity contribution in [3.8, 4) is 0 Å². The molecule has 0 radical (unpaired) electrons. The van der Waals surface area contributed by atoms with Gasteiger partial charge in [0.05, 0.1) is 5.56 Å². The van der Waals surface area contributed by atoms with Gasteiger partial charge < -0.3 is 5.32 Å². The van der Waals surface area contributed by atoms with Gasteiger partial charge in [-0.3, -0.25) is 14.4 Å². The molecule has 5 heteroatoms. The van der Waals surface area contributed by atoms with Gasteiger partial charge in [0.2, 0.25) is 0 Å². The van der Waals surface area contributed by atoms with E-state index in [1.54, 1.807) is 43.4 Å². The first-order valence-corrected chi connectivity index (χ1v) is 9.29. The standard InChI is InChI=1S/C20H19NO3S/c1-3-4-11-25-19-15(20(24)21-2)10-9-14-16(19)18(23)13-8-6-5-7-12(13)17(14)22/h5-10H,3-4,11H2,1-2H3,(H,21,24). The number of nitrogens with one attached hydrogen (secondary N) is 1. The number of amides is 1. The molecule has 0 fully saturated rings. The largest absolute Gasteiger partial charge is 0.355 e. The molecule has 1 aliphatic rings. The van der Waals surface area contributed by atoms with Gasteiger partial charge in [-0.2, -0.15) is 0 Å². The van der Waals surface area contributed by atoms with Crippen LogP contribution < -0.4 is 5.32 Å². The summed E-state index contributed by atoms with van der Waals surface area (Å²) in [6.07, 6.45) is 1.99. The molecule has 3 rings (SSSR count). The topological polar surface area (TPSA) is 63.2 Å². The Labute approximate surface area is 151 Å². The van der Waals surface area contributed by atoms with Gasteiger partial charge in [0.1, 0.15) is 0 Å². The number of carbonyl (C=O) groups is 3. The summed E-state index contributed by atoms with van der Waals surface area (Å²) in [7, 11) is 1.56. The fourth-order valence-electron chi connectivity index (χ4n) is 2.94. The van der Waals surface area contributed by atoms with Crippen LogP contribution in [0.3, 0.4) is 0 Å². The lowest BCUT2D eigenvalue weighted by molar-refractivity contribution is 0.0955. The summed E-state index contributed by atoms with van der Waals surface area (Å²) in [6, 6.07) is 10.1. The van der Waals surface area contributed by atoms with Gasteiger partial charge in [0, 0.05) is 34.2 Å². The van der Waals surface area contributed by atoms with Crippen LogP contribution in [0.4, 0.5) is 0 Å². The van der Waals surface area contributed by atoms with Crippen LogP contribution in [0, 0.1) is 0 Å². The van der Waals surface area contributed by atoms with Gasteiger partial charge in [0.15, 0.2) is 11.6 Å². The molecule has 2 aromatic rings. The van der Waals surface area contributed by atoms with E-state index in [4.69, 9.17) is 0 Å².